The number of nitrogens with one attached hydrogen (secondary N) is 2. The highest BCUT2D eigenvalue weighted by atomic mass is 16.2. The molecule has 0 aliphatic heterocycles. The number of fused-ring (bicyclic) bond motifs is 1. The summed E-state index contributed by atoms with van der Waals surface area (Å²) in [4.78, 5) is 34.2. The van der Waals surface area contributed by atoms with Gasteiger partial charge in [-0.2, -0.15) is 0 Å². The summed E-state index contributed by atoms with van der Waals surface area (Å²) in [6, 6.07) is 17.4. The fourth-order valence-electron chi connectivity index (χ4n) is 3.85. The Bertz CT molecular complexity index is 1360. The molecule has 8 nitrogen and oxygen atoms in total. The molecule has 1 aromatic carbocycles. The van der Waals surface area contributed by atoms with Crippen LogP contribution >= 0.6 is 0 Å². The zero-order valence-electron chi connectivity index (χ0n) is 18.6. The molecule has 168 valence electrons. The molecule has 0 spiro atoms. The topological polar surface area (TPSA) is 115 Å². The number of nitrogen functional groups attached to an aromatic ring is 1. The van der Waals surface area contributed by atoms with Crippen LogP contribution in [0.3, 0.4) is 0 Å². The number of hydrogen-bond donors (Lipinski definition) is 3. The lowest BCUT2D eigenvalue weighted by Crippen LogP contribution is -2.30. The van der Waals surface area contributed by atoms with E-state index in [1.807, 2.05) is 37.3 Å². The number of aryl methyl sites for hydroxylation is 1. The standard InChI is InChI=1S/C25H26N6O2/c1-3-31-23(26)21(25(33)27-2)22(32)18-10-11-19(30-24(18)31)17-8-6-7-16(15-17)12-14-29-20-9-4-5-13-28-20/h4-11,13,15H,3,12,14,26H2,1-2H3,(H,27,33)(H,28,29). The number of amides is 1. The SMILES string of the molecule is CCn1c(N)c(C(=O)NC)c(=O)c2ccc(-c3cccc(CCNc4ccccn4)c3)nc21. The highest BCUT2D eigenvalue weighted by molar-refractivity contribution is 6.01. The average Bonchev–Trinajstić information content (AvgIpc) is 2.85. The van der Waals surface area contributed by atoms with Gasteiger partial charge in [0.25, 0.3) is 5.91 Å². The Morgan fingerprint density at radius 3 is 2.70 bits per heavy atom. The normalized spacial score (nSPS) is 10.8. The van der Waals surface area contributed by atoms with Crippen LogP contribution in [0.5, 0.6) is 0 Å². The Labute approximate surface area is 191 Å². The number of aromatic nitrogens is 3. The van der Waals surface area contributed by atoms with Crippen LogP contribution in [0.15, 0.2) is 65.6 Å². The van der Waals surface area contributed by atoms with Crippen LogP contribution in [0.2, 0.25) is 0 Å². The van der Waals surface area contributed by atoms with E-state index in [2.05, 4.69) is 27.8 Å². The fourth-order valence-corrected chi connectivity index (χ4v) is 3.85. The number of benzene rings is 1. The highest BCUT2D eigenvalue weighted by Crippen LogP contribution is 2.23. The van der Waals surface area contributed by atoms with E-state index in [1.165, 1.54) is 7.05 Å². The summed E-state index contributed by atoms with van der Waals surface area (Å²) < 4.78 is 1.70. The smallest absolute Gasteiger partial charge is 0.258 e. The molecule has 0 fully saturated rings. The van der Waals surface area contributed by atoms with Crippen molar-refractivity contribution in [3.8, 4) is 11.3 Å². The van der Waals surface area contributed by atoms with E-state index in [0.717, 1.165) is 35.6 Å². The third kappa shape index (κ3) is 4.41. The Kier molecular flexibility index (Phi) is 6.35. The van der Waals surface area contributed by atoms with Crippen LogP contribution in [0.25, 0.3) is 22.3 Å². The molecular formula is C25H26N6O2. The molecule has 1 amide bonds. The molecule has 0 unspecified atom stereocenters. The van der Waals surface area contributed by atoms with E-state index in [0.29, 0.717) is 17.6 Å². The maximum Gasteiger partial charge on any atom is 0.258 e. The molecule has 0 bridgehead atoms. The van der Waals surface area contributed by atoms with Gasteiger partial charge in [0, 0.05) is 31.9 Å². The first-order chi connectivity index (χ1) is 16.0. The maximum absolute atomic E-state index is 12.9. The van der Waals surface area contributed by atoms with Gasteiger partial charge < -0.3 is 20.9 Å². The van der Waals surface area contributed by atoms with Crippen molar-refractivity contribution in [1.82, 2.24) is 19.9 Å². The number of nitrogens with zero attached hydrogens (tertiary/aromatic N) is 3. The molecule has 0 saturated heterocycles. The van der Waals surface area contributed by atoms with Crippen molar-refractivity contribution < 1.29 is 4.79 Å². The zero-order valence-corrected chi connectivity index (χ0v) is 18.6. The molecule has 3 aromatic heterocycles. The van der Waals surface area contributed by atoms with Gasteiger partial charge in [0.05, 0.1) is 11.1 Å². The zero-order chi connectivity index (χ0) is 23.4. The summed E-state index contributed by atoms with van der Waals surface area (Å²) in [5.41, 5.74) is 9.03. The van der Waals surface area contributed by atoms with E-state index >= 15 is 0 Å². The van der Waals surface area contributed by atoms with E-state index < -0.39 is 11.3 Å². The van der Waals surface area contributed by atoms with Crippen molar-refractivity contribution >= 4 is 28.6 Å². The van der Waals surface area contributed by atoms with Gasteiger partial charge in [-0.1, -0.05) is 24.3 Å². The van der Waals surface area contributed by atoms with E-state index in [9.17, 15) is 9.59 Å². The van der Waals surface area contributed by atoms with Crippen molar-refractivity contribution in [3.05, 3.63) is 82.1 Å². The molecule has 0 aliphatic rings. The van der Waals surface area contributed by atoms with Gasteiger partial charge in [-0.15, -0.1) is 0 Å². The minimum absolute atomic E-state index is 0.0520. The van der Waals surface area contributed by atoms with E-state index in [1.54, 1.807) is 22.9 Å². The fraction of sp³-hybridized carbons (Fsp3) is 0.200. The summed E-state index contributed by atoms with van der Waals surface area (Å²) in [6.45, 7) is 3.12. The number of pyridine rings is 3. The monoisotopic (exact) mass is 442 g/mol. The summed E-state index contributed by atoms with van der Waals surface area (Å²) >= 11 is 0. The molecule has 4 N–H and O–H groups in total. The lowest BCUT2D eigenvalue weighted by molar-refractivity contribution is 0.0962. The second-order valence-corrected chi connectivity index (χ2v) is 7.57. The molecule has 33 heavy (non-hydrogen) atoms. The van der Waals surface area contributed by atoms with Gasteiger partial charge in [0.1, 0.15) is 22.8 Å². The summed E-state index contributed by atoms with van der Waals surface area (Å²) in [6.07, 6.45) is 2.58. The molecule has 4 rings (SSSR count). The first kappa shape index (κ1) is 22.0. The number of anilines is 2. The van der Waals surface area contributed by atoms with Crippen LogP contribution in [0.4, 0.5) is 11.6 Å². The minimum Gasteiger partial charge on any atom is -0.384 e. The molecule has 4 aromatic rings. The number of nitrogens with two attached hydrogens (primary N) is 1. The number of carbonyl (C=O) groups is 1. The first-order valence-corrected chi connectivity index (χ1v) is 10.8. The average molecular weight is 443 g/mol. The third-order valence-corrected chi connectivity index (χ3v) is 5.53. The van der Waals surface area contributed by atoms with Gasteiger partial charge in [0.15, 0.2) is 0 Å². The van der Waals surface area contributed by atoms with Gasteiger partial charge in [-0.05, 0) is 49.2 Å². The van der Waals surface area contributed by atoms with Gasteiger partial charge in [-0.3, -0.25) is 9.59 Å². The van der Waals surface area contributed by atoms with Crippen molar-refractivity contribution in [2.24, 2.45) is 0 Å². The predicted molar refractivity (Wildman–Crippen MR) is 131 cm³/mol. The molecule has 0 aliphatic carbocycles. The Hall–Kier alpha value is -4.20. The van der Waals surface area contributed by atoms with Crippen LogP contribution in [0, 0.1) is 0 Å². The minimum atomic E-state index is -0.502. The molecular weight excluding hydrogens is 416 g/mol. The summed E-state index contributed by atoms with van der Waals surface area (Å²) in [7, 11) is 1.47. The third-order valence-electron chi connectivity index (χ3n) is 5.53. The predicted octanol–water partition coefficient (Wildman–Crippen LogP) is 3.07. The second kappa shape index (κ2) is 9.52. The Morgan fingerprint density at radius 2 is 1.97 bits per heavy atom. The van der Waals surface area contributed by atoms with Crippen molar-refractivity contribution in [3.63, 3.8) is 0 Å². The van der Waals surface area contributed by atoms with Crippen LogP contribution in [-0.4, -0.2) is 34.0 Å². The van der Waals surface area contributed by atoms with Gasteiger partial charge >= 0.3 is 0 Å². The number of carbonyl (C=O) groups excluding carboxylic acids is 1. The van der Waals surface area contributed by atoms with Gasteiger partial charge in [-0.25, -0.2) is 9.97 Å². The van der Waals surface area contributed by atoms with Gasteiger partial charge in [0.2, 0.25) is 5.43 Å². The van der Waals surface area contributed by atoms with E-state index in [-0.39, 0.29) is 11.4 Å². The Morgan fingerprint density at radius 1 is 1.12 bits per heavy atom. The molecule has 0 radical (unpaired) electrons. The maximum atomic E-state index is 12.9. The van der Waals surface area contributed by atoms with Crippen LogP contribution in [-0.2, 0) is 13.0 Å². The first-order valence-electron chi connectivity index (χ1n) is 10.8. The summed E-state index contributed by atoms with van der Waals surface area (Å²) in [5, 5.41) is 6.16. The van der Waals surface area contributed by atoms with Crippen LogP contribution < -0.4 is 21.8 Å². The highest BCUT2D eigenvalue weighted by Gasteiger charge is 2.20. The molecule has 8 heteroatoms. The van der Waals surface area contributed by atoms with Crippen molar-refractivity contribution in [1.29, 1.82) is 0 Å². The van der Waals surface area contributed by atoms with E-state index in [4.69, 9.17) is 10.7 Å². The lowest BCUT2D eigenvalue weighted by Gasteiger charge is -2.15. The largest absolute Gasteiger partial charge is 0.384 e. The molecule has 3 heterocycles. The Balaban J connectivity index is 1.67. The molecule has 0 saturated carbocycles. The number of rotatable bonds is 7. The van der Waals surface area contributed by atoms with Crippen molar-refractivity contribution in [2.45, 2.75) is 19.9 Å². The lowest BCUT2D eigenvalue weighted by atomic mass is 10.0. The van der Waals surface area contributed by atoms with Crippen molar-refractivity contribution in [2.75, 3.05) is 24.6 Å². The second-order valence-electron chi connectivity index (χ2n) is 7.57. The summed E-state index contributed by atoms with van der Waals surface area (Å²) in [5.74, 6) is 0.460. The quantitative estimate of drug-likeness (QED) is 0.405. The molecule has 0 atom stereocenters. The number of hydrogen-bond acceptors (Lipinski definition) is 6. The van der Waals surface area contributed by atoms with Crippen LogP contribution in [0.1, 0.15) is 22.8 Å².